The molecule has 0 unspecified atom stereocenters. The van der Waals surface area contributed by atoms with Crippen molar-refractivity contribution in [3.8, 4) is 11.5 Å². The molecule has 1 aromatic heterocycles. The molecule has 0 fully saturated rings. The van der Waals surface area contributed by atoms with E-state index < -0.39 is 5.91 Å². The first-order chi connectivity index (χ1) is 12.0. The molecule has 3 rings (SSSR count). The Labute approximate surface area is 144 Å². The number of carbonyl (C=O) groups is 1. The number of hydrogen-bond donors (Lipinski definition) is 1. The Kier molecular flexibility index (Phi) is 4.43. The topological polar surface area (TPSA) is 77.8 Å². The maximum atomic E-state index is 12.4. The second-order valence-corrected chi connectivity index (χ2v) is 5.50. The van der Waals surface area contributed by atoms with E-state index in [1.54, 1.807) is 30.3 Å². The van der Waals surface area contributed by atoms with Gasteiger partial charge in [0.15, 0.2) is 22.7 Å². The van der Waals surface area contributed by atoms with Gasteiger partial charge in [0, 0.05) is 17.8 Å². The lowest BCUT2D eigenvalue weighted by Gasteiger charge is -2.10. The van der Waals surface area contributed by atoms with Crippen molar-refractivity contribution in [3.05, 3.63) is 64.0 Å². The predicted molar refractivity (Wildman–Crippen MR) is 94.7 cm³/mol. The van der Waals surface area contributed by atoms with E-state index in [0.717, 1.165) is 5.56 Å². The molecule has 0 radical (unpaired) electrons. The van der Waals surface area contributed by atoms with E-state index in [1.165, 1.54) is 20.3 Å². The third kappa shape index (κ3) is 3.33. The first-order valence-electron chi connectivity index (χ1n) is 7.59. The number of fused-ring (bicyclic) bond motifs is 1. The number of benzene rings is 2. The van der Waals surface area contributed by atoms with Crippen LogP contribution in [-0.2, 0) is 0 Å². The van der Waals surface area contributed by atoms with E-state index in [9.17, 15) is 9.59 Å². The van der Waals surface area contributed by atoms with Crippen LogP contribution in [0.2, 0.25) is 0 Å². The highest BCUT2D eigenvalue weighted by Gasteiger charge is 2.14. The molecule has 2 aromatic carbocycles. The van der Waals surface area contributed by atoms with Gasteiger partial charge in [-0.05, 0) is 31.2 Å². The number of methoxy groups -OCH3 is 2. The molecule has 3 aromatic rings. The third-order valence-electron chi connectivity index (χ3n) is 3.75. The molecule has 0 saturated heterocycles. The average Bonchev–Trinajstić information content (AvgIpc) is 2.62. The number of ether oxygens (including phenoxy) is 2. The molecular formula is C19H17NO5. The first-order valence-corrected chi connectivity index (χ1v) is 7.59. The first kappa shape index (κ1) is 16.6. The Morgan fingerprint density at radius 2 is 1.76 bits per heavy atom. The van der Waals surface area contributed by atoms with Crippen LogP contribution >= 0.6 is 0 Å². The molecule has 1 heterocycles. The monoisotopic (exact) mass is 339 g/mol. The van der Waals surface area contributed by atoms with Crippen molar-refractivity contribution in [2.75, 3.05) is 19.5 Å². The minimum atomic E-state index is -0.521. The molecule has 1 N–H and O–H groups in total. The number of hydrogen-bond acceptors (Lipinski definition) is 5. The number of rotatable bonds is 4. The van der Waals surface area contributed by atoms with Crippen LogP contribution in [-0.4, -0.2) is 20.1 Å². The van der Waals surface area contributed by atoms with Crippen molar-refractivity contribution in [2.45, 2.75) is 6.92 Å². The number of nitrogens with one attached hydrogen (secondary N) is 1. The Balaban J connectivity index is 1.92. The zero-order chi connectivity index (χ0) is 18.0. The molecule has 0 bridgehead atoms. The molecule has 6 heteroatoms. The van der Waals surface area contributed by atoms with Crippen LogP contribution in [0.25, 0.3) is 11.0 Å². The summed E-state index contributed by atoms with van der Waals surface area (Å²) in [6.45, 7) is 1.89. The molecule has 128 valence electrons. The van der Waals surface area contributed by atoms with Gasteiger partial charge in [0.2, 0.25) is 0 Å². The van der Waals surface area contributed by atoms with Crippen molar-refractivity contribution >= 4 is 22.6 Å². The van der Waals surface area contributed by atoms with Gasteiger partial charge in [-0.3, -0.25) is 9.59 Å². The minimum absolute atomic E-state index is 0.0591. The number of anilines is 1. The zero-order valence-corrected chi connectivity index (χ0v) is 14.1. The summed E-state index contributed by atoms with van der Waals surface area (Å²) in [5.41, 5.74) is 1.55. The lowest BCUT2D eigenvalue weighted by atomic mass is 10.1. The lowest BCUT2D eigenvalue weighted by molar-refractivity contribution is 0.0997. The fourth-order valence-corrected chi connectivity index (χ4v) is 2.49. The van der Waals surface area contributed by atoms with Gasteiger partial charge in [0.25, 0.3) is 5.91 Å². The number of amides is 1. The van der Waals surface area contributed by atoms with E-state index in [-0.39, 0.29) is 11.2 Å². The summed E-state index contributed by atoms with van der Waals surface area (Å²) in [5.74, 6) is 0.451. The van der Waals surface area contributed by atoms with Gasteiger partial charge in [0.1, 0.15) is 5.58 Å². The maximum absolute atomic E-state index is 12.4. The van der Waals surface area contributed by atoms with Gasteiger partial charge in [-0.1, -0.05) is 11.6 Å². The van der Waals surface area contributed by atoms with Crippen LogP contribution in [0.4, 0.5) is 5.69 Å². The van der Waals surface area contributed by atoms with E-state index >= 15 is 0 Å². The summed E-state index contributed by atoms with van der Waals surface area (Å²) in [7, 11) is 3.04. The van der Waals surface area contributed by atoms with Crippen molar-refractivity contribution in [1.29, 1.82) is 0 Å². The van der Waals surface area contributed by atoms with Crippen LogP contribution in [0.15, 0.2) is 51.7 Å². The predicted octanol–water partition coefficient (Wildman–Crippen LogP) is 3.37. The molecule has 0 aliphatic carbocycles. The quantitative estimate of drug-likeness (QED) is 0.788. The molecule has 6 nitrogen and oxygen atoms in total. The molecule has 1 amide bonds. The average molecular weight is 339 g/mol. The van der Waals surface area contributed by atoms with E-state index in [2.05, 4.69) is 5.32 Å². The van der Waals surface area contributed by atoms with Crippen LogP contribution < -0.4 is 20.2 Å². The van der Waals surface area contributed by atoms with Gasteiger partial charge in [-0.15, -0.1) is 0 Å². The van der Waals surface area contributed by atoms with E-state index in [1.807, 2.05) is 13.0 Å². The highest BCUT2D eigenvalue weighted by molar-refractivity contribution is 6.03. The minimum Gasteiger partial charge on any atom is -0.493 e. The second-order valence-electron chi connectivity index (χ2n) is 5.50. The standard InChI is InChI=1S/C19H17NO5/c1-11-4-6-15-13(8-11)14(21)10-18(25-15)19(22)20-12-5-7-16(23-2)17(9-12)24-3/h4-10H,1-3H3,(H,20,22). The maximum Gasteiger partial charge on any atom is 0.291 e. The molecule has 25 heavy (non-hydrogen) atoms. The summed E-state index contributed by atoms with van der Waals surface area (Å²) in [5, 5.41) is 3.13. The number of carbonyl (C=O) groups excluding carboxylic acids is 1. The van der Waals surface area contributed by atoms with Crippen molar-refractivity contribution in [2.24, 2.45) is 0 Å². The van der Waals surface area contributed by atoms with Crippen molar-refractivity contribution in [3.63, 3.8) is 0 Å². The highest BCUT2D eigenvalue weighted by atomic mass is 16.5. The number of aryl methyl sites for hydroxylation is 1. The van der Waals surface area contributed by atoms with Crippen LogP contribution in [0.1, 0.15) is 16.1 Å². The molecule has 0 aliphatic rings. The third-order valence-corrected chi connectivity index (χ3v) is 3.75. The largest absolute Gasteiger partial charge is 0.493 e. The van der Waals surface area contributed by atoms with Crippen LogP contribution in [0, 0.1) is 6.92 Å². The second kappa shape index (κ2) is 6.68. The smallest absolute Gasteiger partial charge is 0.291 e. The highest BCUT2D eigenvalue weighted by Crippen LogP contribution is 2.30. The normalized spacial score (nSPS) is 10.5. The van der Waals surface area contributed by atoms with E-state index in [4.69, 9.17) is 13.9 Å². The fraction of sp³-hybridized carbons (Fsp3) is 0.158. The molecule has 0 atom stereocenters. The van der Waals surface area contributed by atoms with Crippen LogP contribution in [0.5, 0.6) is 11.5 Å². The van der Waals surface area contributed by atoms with Gasteiger partial charge < -0.3 is 19.2 Å². The zero-order valence-electron chi connectivity index (χ0n) is 14.1. The summed E-state index contributed by atoms with van der Waals surface area (Å²) in [4.78, 5) is 24.6. The summed E-state index contributed by atoms with van der Waals surface area (Å²) < 4.78 is 15.9. The fourth-order valence-electron chi connectivity index (χ4n) is 2.49. The molecule has 0 saturated carbocycles. The van der Waals surface area contributed by atoms with Gasteiger partial charge in [-0.25, -0.2) is 0 Å². The molecular weight excluding hydrogens is 322 g/mol. The Morgan fingerprint density at radius 3 is 2.48 bits per heavy atom. The van der Waals surface area contributed by atoms with Gasteiger partial charge >= 0.3 is 0 Å². The summed E-state index contributed by atoms with van der Waals surface area (Å²) in [6, 6.07) is 11.4. The Hall–Kier alpha value is -3.28. The Morgan fingerprint density at radius 1 is 1.00 bits per heavy atom. The summed E-state index contributed by atoms with van der Waals surface area (Å²) in [6.07, 6.45) is 0. The van der Waals surface area contributed by atoms with Crippen LogP contribution in [0.3, 0.4) is 0 Å². The SMILES string of the molecule is COc1ccc(NC(=O)c2cc(=O)c3cc(C)ccc3o2)cc1OC. The molecule has 0 aliphatic heterocycles. The Bertz CT molecular complexity index is 1010. The summed E-state index contributed by atoms with van der Waals surface area (Å²) >= 11 is 0. The van der Waals surface area contributed by atoms with Gasteiger partial charge in [-0.2, -0.15) is 0 Å². The van der Waals surface area contributed by atoms with E-state index in [0.29, 0.717) is 28.2 Å². The molecule has 0 spiro atoms. The van der Waals surface area contributed by atoms with Crippen molar-refractivity contribution in [1.82, 2.24) is 0 Å². The van der Waals surface area contributed by atoms with Gasteiger partial charge in [0.05, 0.1) is 19.6 Å². The lowest BCUT2D eigenvalue weighted by Crippen LogP contribution is -2.15. The van der Waals surface area contributed by atoms with Crippen molar-refractivity contribution < 1.29 is 18.7 Å².